The molecule has 0 bridgehead atoms. The normalized spacial score (nSPS) is 18.6. The van der Waals surface area contributed by atoms with Gasteiger partial charge in [0.25, 0.3) is 10.0 Å². The molecule has 5 nitrogen and oxygen atoms in total. The monoisotopic (exact) mass is 447 g/mol. The van der Waals surface area contributed by atoms with Gasteiger partial charge in [-0.15, -0.1) is 6.58 Å². The second-order valence-electron chi connectivity index (χ2n) is 7.85. The summed E-state index contributed by atoms with van der Waals surface area (Å²) in [5, 5.41) is 0. The Hall–Kier alpha value is -3.38. The molecule has 0 radical (unpaired) electrons. The number of allylic oxidation sites excluding steroid dienone is 1. The molecule has 3 aromatic rings. The Kier molecular flexibility index (Phi) is 5.89. The molecule has 164 valence electrons. The summed E-state index contributed by atoms with van der Waals surface area (Å²) in [5.41, 5.74) is 2.88. The predicted molar refractivity (Wildman–Crippen MR) is 126 cm³/mol. The van der Waals surface area contributed by atoms with E-state index in [-0.39, 0.29) is 23.2 Å². The number of ether oxygens (including phenoxy) is 1. The standard InChI is InChI=1S/C26H25NO4S/c1-4-20-21-9-5-7-11-24(21)27(32(29,30)19-15-13-18(2)14-16-19)26(28)17-23(20)22-10-6-8-12-25(22)31-3/h4-16,20,23H,1,17H2,2-3H3/t20?,23-/m0/s1. The Morgan fingerprint density at radius 1 is 0.969 bits per heavy atom. The van der Waals surface area contributed by atoms with Gasteiger partial charge in [-0.05, 0) is 42.3 Å². The fourth-order valence-electron chi connectivity index (χ4n) is 4.35. The Labute approximate surface area is 189 Å². The number of para-hydroxylation sites is 2. The van der Waals surface area contributed by atoms with Crippen molar-refractivity contribution in [1.82, 2.24) is 0 Å². The van der Waals surface area contributed by atoms with Crippen molar-refractivity contribution >= 4 is 21.6 Å². The third-order valence-electron chi connectivity index (χ3n) is 5.92. The Morgan fingerprint density at radius 2 is 1.59 bits per heavy atom. The van der Waals surface area contributed by atoms with E-state index >= 15 is 0 Å². The molecule has 2 atom stereocenters. The molecule has 32 heavy (non-hydrogen) atoms. The highest BCUT2D eigenvalue weighted by Crippen LogP contribution is 2.47. The van der Waals surface area contributed by atoms with Gasteiger partial charge >= 0.3 is 0 Å². The summed E-state index contributed by atoms with van der Waals surface area (Å²) >= 11 is 0. The van der Waals surface area contributed by atoms with Crippen molar-refractivity contribution in [1.29, 1.82) is 0 Å². The molecule has 1 amide bonds. The van der Waals surface area contributed by atoms with Crippen LogP contribution in [-0.4, -0.2) is 21.4 Å². The summed E-state index contributed by atoms with van der Waals surface area (Å²) in [5.74, 6) is -0.428. The predicted octanol–water partition coefficient (Wildman–Crippen LogP) is 5.18. The summed E-state index contributed by atoms with van der Waals surface area (Å²) in [6, 6.07) is 21.2. The second-order valence-corrected chi connectivity index (χ2v) is 9.64. The molecule has 0 aliphatic carbocycles. The number of nitrogens with zero attached hydrogens (tertiary/aromatic N) is 1. The smallest absolute Gasteiger partial charge is 0.270 e. The molecule has 1 unspecified atom stereocenters. The number of methoxy groups -OCH3 is 1. The van der Waals surface area contributed by atoms with Crippen LogP contribution in [-0.2, 0) is 14.8 Å². The fourth-order valence-corrected chi connectivity index (χ4v) is 5.81. The number of carbonyl (C=O) groups is 1. The van der Waals surface area contributed by atoms with Gasteiger partial charge in [0.2, 0.25) is 5.91 Å². The molecule has 4 rings (SSSR count). The number of rotatable bonds is 5. The topological polar surface area (TPSA) is 63.7 Å². The number of amides is 1. The minimum atomic E-state index is -4.10. The number of anilines is 1. The third kappa shape index (κ3) is 3.71. The van der Waals surface area contributed by atoms with Gasteiger partial charge in [-0.1, -0.05) is 60.2 Å². The molecule has 6 heteroatoms. The van der Waals surface area contributed by atoms with Gasteiger partial charge in [0.1, 0.15) is 5.75 Å². The number of carbonyl (C=O) groups excluding carboxylic acids is 1. The maximum Gasteiger partial charge on any atom is 0.270 e. The lowest BCUT2D eigenvalue weighted by molar-refractivity contribution is -0.117. The molecule has 0 aromatic heterocycles. The van der Waals surface area contributed by atoms with Crippen molar-refractivity contribution in [2.75, 3.05) is 11.4 Å². The van der Waals surface area contributed by atoms with E-state index in [9.17, 15) is 13.2 Å². The second kappa shape index (κ2) is 8.63. The number of benzene rings is 3. The van der Waals surface area contributed by atoms with Crippen LogP contribution in [0.2, 0.25) is 0 Å². The average Bonchev–Trinajstić information content (AvgIpc) is 2.92. The molecule has 1 aliphatic rings. The van der Waals surface area contributed by atoms with Crippen molar-refractivity contribution in [3.8, 4) is 5.75 Å². The summed E-state index contributed by atoms with van der Waals surface area (Å²) in [6.07, 6.45) is 1.78. The lowest BCUT2D eigenvalue weighted by Crippen LogP contribution is -2.37. The van der Waals surface area contributed by atoms with Crippen LogP contribution in [0.5, 0.6) is 5.75 Å². The van der Waals surface area contributed by atoms with Crippen molar-refractivity contribution in [2.45, 2.75) is 30.1 Å². The summed E-state index contributed by atoms with van der Waals surface area (Å²) in [6.45, 7) is 5.90. The van der Waals surface area contributed by atoms with Gasteiger partial charge in [-0.3, -0.25) is 4.79 Å². The van der Waals surface area contributed by atoms with E-state index < -0.39 is 15.9 Å². The van der Waals surface area contributed by atoms with E-state index in [1.54, 1.807) is 37.5 Å². The van der Waals surface area contributed by atoms with E-state index in [1.165, 1.54) is 12.1 Å². The van der Waals surface area contributed by atoms with Crippen LogP contribution in [0.15, 0.2) is 90.3 Å². The molecule has 0 spiro atoms. The molecule has 0 fully saturated rings. The summed E-state index contributed by atoms with van der Waals surface area (Å²) in [4.78, 5) is 13.7. The minimum Gasteiger partial charge on any atom is -0.496 e. The average molecular weight is 448 g/mol. The maximum absolute atomic E-state index is 13.6. The molecular formula is C26H25NO4S. The number of hydrogen-bond donors (Lipinski definition) is 0. The third-order valence-corrected chi connectivity index (χ3v) is 7.67. The first-order chi connectivity index (χ1) is 15.4. The lowest BCUT2D eigenvalue weighted by atomic mass is 9.79. The zero-order chi connectivity index (χ0) is 22.9. The molecule has 0 N–H and O–H groups in total. The minimum absolute atomic E-state index is 0.00314. The largest absolute Gasteiger partial charge is 0.496 e. The number of sulfonamides is 1. The van der Waals surface area contributed by atoms with Crippen LogP contribution >= 0.6 is 0 Å². The maximum atomic E-state index is 13.6. The van der Waals surface area contributed by atoms with E-state index in [2.05, 4.69) is 6.58 Å². The van der Waals surface area contributed by atoms with E-state index in [0.717, 1.165) is 21.0 Å². The van der Waals surface area contributed by atoms with Crippen molar-refractivity contribution < 1.29 is 17.9 Å². The van der Waals surface area contributed by atoms with Crippen molar-refractivity contribution in [3.05, 3.63) is 102 Å². The van der Waals surface area contributed by atoms with Crippen molar-refractivity contribution in [2.24, 2.45) is 0 Å². The van der Waals surface area contributed by atoms with Gasteiger partial charge in [-0.2, -0.15) is 0 Å². The van der Waals surface area contributed by atoms with Gasteiger partial charge in [0.15, 0.2) is 0 Å². The Bertz CT molecular complexity index is 1260. The molecular weight excluding hydrogens is 422 g/mol. The van der Waals surface area contributed by atoms with Crippen LogP contribution in [0.1, 0.15) is 34.9 Å². The van der Waals surface area contributed by atoms with E-state index in [0.29, 0.717) is 11.4 Å². The quantitative estimate of drug-likeness (QED) is 0.506. The Balaban J connectivity index is 1.92. The molecule has 0 saturated heterocycles. The first kappa shape index (κ1) is 21.8. The van der Waals surface area contributed by atoms with Gasteiger partial charge in [0, 0.05) is 18.3 Å². The number of aryl methyl sites for hydroxylation is 1. The van der Waals surface area contributed by atoms with Crippen LogP contribution in [0.3, 0.4) is 0 Å². The summed E-state index contributed by atoms with van der Waals surface area (Å²) in [7, 11) is -2.51. The molecule has 3 aromatic carbocycles. The lowest BCUT2D eigenvalue weighted by Gasteiger charge is -2.24. The van der Waals surface area contributed by atoms with Crippen LogP contribution in [0, 0.1) is 6.92 Å². The van der Waals surface area contributed by atoms with Crippen molar-refractivity contribution in [3.63, 3.8) is 0 Å². The molecule has 1 heterocycles. The van der Waals surface area contributed by atoms with Gasteiger partial charge in [-0.25, -0.2) is 12.7 Å². The van der Waals surface area contributed by atoms with Gasteiger partial charge < -0.3 is 4.74 Å². The number of fused-ring (bicyclic) bond motifs is 1. The highest BCUT2D eigenvalue weighted by molar-refractivity contribution is 7.93. The first-order valence-corrected chi connectivity index (χ1v) is 11.8. The fraction of sp³-hybridized carbons (Fsp3) is 0.192. The van der Waals surface area contributed by atoms with Gasteiger partial charge in [0.05, 0.1) is 17.7 Å². The zero-order valence-corrected chi connectivity index (χ0v) is 18.9. The summed E-state index contributed by atoms with van der Waals surface area (Å²) < 4.78 is 33.8. The van der Waals surface area contributed by atoms with E-state index in [4.69, 9.17) is 4.74 Å². The van der Waals surface area contributed by atoms with Crippen LogP contribution in [0.4, 0.5) is 5.69 Å². The highest BCUT2D eigenvalue weighted by atomic mass is 32.2. The molecule has 0 saturated carbocycles. The highest BCUT2D eigenvalue weighted by Gasteiger charge is 2.40. The van der Waals surface area contributed by atoms with Crippen LogP contribution in [0.25, 0.3) is 0 Å². The van der Waals surface area contributed by atoms with Crippen LogP contribution < -0.4 is 9.04 Å². The Morgan fingerprint density at radius 3 is 2.25 bits per heavy atom. The SMILES string of the molecule is C=CC1c2ccccc2N(S(=O)(=O)c2ccc(C)cc2)C(=O)C[C@@H]1c1ccccc1OC. The number of hydrogen-bond acceptors (Lipinski definition) is 4. The zero-order valence-electron chi connectivity index (χ0n) is 18.1. The molecule has 1 aliphatic heterocycles. The first-order valence-electron chi connectivity index (χ1n) is 10.4. The van der Waals surface area contributed by atoms with E-state index in [1.807, 2.05) is 43.3 Å².